The number of amides is 2. The Morgan fingerprint density at radius 1 is 0.960 bits per heavy atom. The van der Waals surface area contributed by atoms with E-state index in [9.17, 15) is 9.59 Å². The monoisotopic (exact) mass is 357 g/mol. The van der Waals surface area contributed by atoms with E-state index < -0.39 is 10.7 Å². The number of carbonyl (C=O) groups is 2. The molecule has 2 rings (SSSR count). The zero-order valence-corrected chi connectivity index (χ0v) is 15.3. The van der Waals surface area contributed by atoms with Crippen molar-refractivity contribution < 1.29 is 9.59 Å². The van der Waals surface area contributed by atoms with Gasteiger partial charge in [0.1, 0.15) is 0 Å². The van der Waals surface area contributed by atoms with Crippen molar-refractivity contribution in [3.8, 4) is 0 Å². The van der Waals surface area contributed by atoms with Crippen molar-refractivity contribution in [2.75, 3.05) is 27.2 Å². The summed E-state index contributed by atoms with van der Waals surface area (Å²) >= 11 is 0. The van der Waals surface area contributed by atoms with Crippen molar-refractivity contribution in [1.82, 2.24) is 10.2 Å². The van der Waals surface area contributed by atoms with Crippen LogP contribution in [0.25, 0.3) is 0 Å². The first-order chi connectivity index (χ1) is 12.1. The van der Waals surface area contributed by atoms with Crippen LogP contribution < -0.4 is 5.32 Å². The van der Waals surface area contributed by atoms with Crippen LogP contribution in [0, 0.1) is 0 Å². The molecule has 0 fully saturated rings. The van der Waals surface area contributed by atoms with E-state index in [1.807, 2.05) is 74.8 Å². The second kappa shape index (κ2) is 9.86. The molecule has 6 heteroatoms. The molecule has 2 amide bonds. The van der Waals surface area contributed by atoms with Crippen LogP contribution in [0.1, 0.15) is 6.42 Å². The molecular formula is C19H23N3O2S. The molecule has 0 atom stereocenters. The lowest BCUT2D eigenvalue weighted by molar-refractivity contribution is -0.121. The maximum Gasteiger partial charge on any atom is 0.254 e. The van der Waals surface area contributed by atoms with Gasteiger partial charge >= 0.3 is 0 Å². The summed E-state index contributed by atoms with van der Waals surface area (Å²) in [5.41, 5.74) is 0. The van der Waals surface area contributed by atoms with Gasteiger partial charge in [0.05, 0.1) is 6.54 Å². The highest BCUT2D eigenvalue weighted by molar-refractivity contribution is 7.87. The molecule has 25 heavy (non-hydrogen) atoms. The third kappa shape index (κ3) is 6.60. The van der Waals surface area contributed by atoms with Gasteiger partial charge in [0, 0.05) is 22.8 Å². The molecule has 2 aromatic carbocycles. The summed E-state index contributed by atoms with van der Waals surface area (Å²) in [6, 6.07) is 19.6. The minimum absolute atomic E-state index is 0.0945. The van der Waals surface area contributed by atoms with Gasteiger partial charge in [-0.25, -0.2) is 0 Å². The Bertz CT molecular complexity index is 689. The lowest BCUT2D eigenvalue weighted by Crippen LogP contribution is -2.34. The van der Waals surface area contributed by atoms with Gasteiger partial charge in [0.15, 0.2) is 0 Å². The molecule has 0 radical (unpaired) electrons. The number of hydrogen-bond donors (Lipinski definition) is 1. The zero-order valence-electron chi connectivity index (χ0n) is 14.5. The van der Waals surface area contributed by atoms with E-state index in [1.54, 1.807) is 4.90 Å². The molecule has 0 bridgehead atoms. The number of likely N-dealkylation sites (N-methyl/N-ethyl adjacent to an activating group) is 1. The van der Waals surface area contributed by atoms with Gasteiger partial charge in [-0.2, -0.15) is 4.36 Å². The number of benzene rings is 2. The molecule has 0 saturated heterocycles. The number of carbonyl (C=O) groups excluding carboxylic acids is 2. The summed E-state index contributed by atoms with van der Waals surface area (Å²) < 4.78 is 4.40. The number of hydrogen-bond acceptors (Lipinski definition) is 3. The van der Waals surface area contributed by atoms with Crippen molar-refractivity contribution in [2.45, 2.75) is 16.2 Å². The van der Waals surface area contributed by atoms with E-state index in [0.29, 0.717) is 13.1 Å². The average Bonchev–Trinajstić information content (AvgIpc) is 2.60. The number of rotatable bonds is 7. The van der Waals surface area contributed by atoms with Gasteiger partial charge < -0.3 is 10.2 Å². The van der Waals surface area contributed by atoms with E-state index in [1.165, 1.54) is 0 Å². The highest BCUT2D eigenvalue weighted by Gasteiger charge is 2.09. The van der Waals surface area contributed by atoms with Crippen molar-refractivity contribution in [3.63, 3.8) is 0 Å². The predicted molar refractivity (Wildman–Crippen MR) is 100 cm³/mol. The van der Waals surface area contributed by atoms with Crippen LogP contribution in [-0.4, -0.2) is 43.9 Å². The van der Waals surface area contributed by atoms with Gasteiger partial charge in [-0.3, -0.25) is 9.59 Å². The minimum atomic E-state index is -0.650. The molecule has 0 unspecified atom stereocenters. The summed E-state index contributed by atoms with van der Waals surface area (Å²) in [7, 11) is 3.00. The Kier molecular flexibility index (Phi) is 7.50. The van der Waals surface area contributed by atoms with E-state index in [0.717, 1.165) is 9.79 Å². The third-order valence-electron chi connectivity index (χ3n) is 3.25. The molecule has 0 aliphatic carbocycles. The molecule has 0 heterocycles. The highest BCUT2D eigenvalue weighted by Crippen LogP contribution is 2.18. The molecule has 5 nitrogen and oxygen atoms in total. The normalized spacial score (nSPS) is 10.7. The summed E-state index contributed by atoms with van der Waals surface area (Å²) in [6.45, 7) is 0.611. The van der Waals surface area contributed by atoms with Crippen molar-refractivity contribution in [2.24, 2.45) is 4.36 Å². The first-order valence-electron chi connectivity index (χ1n) is 8.07. The number of nitrogens with zero attached hydrogens (tertiary/aromatic N) is 2. The maximum absolute atomic E-state index is 12.3. The number of nitrogens with one attached hydrogen (secondary N) is 1. The fraction of sp³-hybridized carbons (Fsp3) is 0.263. The lowest BCUT2D eigenvalue weighted by Gasteiger charge is -2.10. The Morgan fingerprint density at radius 3 is 1.96 bits per heavy atom. The van der Waals surface area contributed by atoms with Crippen molar-refractivity contribution in [1.29, 1.82) is 0 Å². The summed E-state index contributed by atoms with van der Waals surface area (Å²) in [5.74, 6) is -0.302. The molecule has 0 saturated carbocycles. The Labute approximate surface area is 151 Å². The van der Waals surface area contributed by atoms with Gasteiger partial charge in [0.2, 0.25) is 5.91 Å². The zero-order chi connectivity index (χ0) is 18.1. The van der Waals surface area contributed by atoms with Crippen LogP contribution in [0.4, 0.5) is 0 Å². The standard InChI is InChI=1S/C19H23N3O2S/c1-22(2)15-19(24)20-14-13-18(23)21-25(16-9-5-3-6-10-16)17-11-7-4-8-12-17/h3-12H,13-15H2,1-2H3,(H,20,24). The van der Waals surface area contributed by atoms with E-state index >= 15 is 0 Å². The molecule has 0 aromatic heterocycles. The first kappa shape index (κ1) is 19.0. The Morgan fingerprint density at radius 2 is 1.48 bits per heavy atom. The molecule has 0 spiro atoms. The smallest absolute Gasteiger partial charge is 0.254 e. The van der Waals surface area contributed by atoms with Crippen molar-refractivity contribution in [3.05, 3.63) is 60.7 Å². The molecule has 0 aliphatic rings. The molecule has 132 valence electrons. The topological polar surface area (TPSA) is 61.8 Å². The summed E-state index contributed by atoms with van der Waals surface area (Å²) in [5, 5.41) is 2.74. The molecule has 2 aromatic rings. The Hall–Kier alpha value is -2.31. The molecule has 0 aliphatic heterocycles. The first-order valence-corrected chi connectivity index (χ1v) is 9.25. The predicted octanol–water partition coefficient (Wildman–Crippen LogP) is 2.50. The highest BCUT2D eigenvalue weighted by atomic mass is 32.2. The SMILES string of the molecule is CN(C)CC(=O)NCCC(=O)N=S(c1ccccc1)c1ccccc1. The minimum Gasteiger partial charge on any atom is -0.354 e. The fourth-order valence-electron chi connectivity index (χ4n) is 2.14. The second-order valence-corrected chi connectivity index (χ2v) is 7.43. The Balaban J connectivity index is 2.07. The maximum atomic E-state index is 12.3. The average molecular weight is 357 g/mol. The van der Waals surface area contributed by atoms with Crippen LogP contribution in [0.2, 0.25) is 0 Å². The van der Waals surface area contributed by atoms with Gasteiger partial charge in [0.25, 0.3) is 5.91 Å². The van der Waals surface area contributed by atoms with Crippen LogP contribution in [-0.2, 0) is 20.3 Å². The summed E-state index contributed by atoms with van der Waals surface area (Å²) in [6.07, 6.45) is 0.197. The van der Waals surface area contributed by atoms with E-state index in [-0.39, 0.29) is 18.2 Å². The van der Waals surface area contributed by atoms with Crippen LogP contribution in [0.15, 0.2) is 74.8 Å². The largest absolute Gasteiger partial charge is 0.354 e. The lowest BCUT2D eigenvalue weighted by atomic mass is 10.4. The van der Waals surface area contributed by atoms with Crippen LogP contribution in [0.3, 0.4) is 0 Å². The molecular weight excluding hydrogens is 334 g/mol. The van der Waals surface area contributed by atoms with E-state index in [2.05, 4.69) is 9.68 Å². The van der Waals surface area contributed by atoms with Crippen molar-refractivity contribution >= 4 is 22.5 Å². The van der Waals surface area contributed by atoms with Gasteiger partial charge in [-0.1, -0.05) is 36.4 Å². The van der Waals surface area contributed by atoms with Crippen LogP contribution >= 0.6 is 0 Å². The van der Waals surface area contributed by atoms with Gasteiger partial charge in [-0.15, -0.1) is 0 Å². The second-order valence-electron chi connectivity index (χ2n) is 5.73. The summed E-state index contributed by atoms with van der Waals surface area (Å²) in [4.78, 5) is 27.7. The molecule has 1 N–H and O–H groups in total. The van der Waals surface area contributed by atoms with E-state index in [4.69, 9.17) is 0 Å². The third-order valence-corrected chi connectivity index (χ3v) is 5.07. The van der Waals surface area contributed by atoms with Crippen LogP contribution in [0.5, 0.6) is 0 Å². The fourth-order valence-corrected chi connectivity index (χ4v) is 3.75. The quantitative estimate of drug-likeness (QED) is 0.828. The van der Waals surface area contributed by atoms with Gasteiger partial charge in [-0.05, 0) is 49.1 Å².